The minimum Gasteiger partial charge on any atom is -0.790 e. The quantitative estimate of drug-likeness (QED) is 0.316. The average molecular weight is 210 g/mol. The first kappa shape index (κ1) is 18.7. The molecule has 0 amide bonds. The predicted octanol–water partition coefficient (Wildman–Crippen LogP) is -5.10. The summed E-state index contributed by atoms with van der Waals surface area (Å²) in [5.41, 5.74) is 0. The van der Waals surface area contributed by atoms with E-state index < -0.39 is 7.82 Å². The van der Waals surface area contributed by atoms with Crippen LogP contribution in [0.15, 0.2) is 0 Å². The molecule has 0 aromatic heterocycles. The second-order valence-electron chi connectivity index (χ2n) is 1.79. The molecule has 0 saturated carbocycles. The molecule has 1 aliphatic heterocycles. The molecule has 1 heterocycles. The molecule has 8 heteroatoms. The summed E-state index contributed by atoms with van der Waals surface area (Å²) in [7, 11) is -5.14. The van der Waals surface area contributed by atoms with E-state index in [-0.39, 0.29) is 36.5 Å². The standard InChI is InChI=1S/C4H8O.Na.H3O4P.H2O/c1-2-4-5-3-1;;1-5(2,3)4;/h1-4H2;;(H3,1,2,3,4);1H2/q;+1;;/p-1. The molecule has 0 atom stereocenters. The van der Waals surface area contributed by atoms with Gasteiger partial charge in [-0.3, -0.25) is 0 Å². The van der Waals surface area contributed by atoms with Crippen molar-refractivity contribution in [1.29, 1.82) is 0 Å². The van der Waals surface area contributed by atoms with Crippen molar-refractivity contribution in [1.82, 2.24) is 0 Å². The first-order chi connectivity index (χ1) is 4.50. The molecule has 0 spiro atoms. The van der Waals surface area contributed by atoms with Gasteiger partial charge in [0.05, 0.1) is 7.82 Å². The monoisotopic (exact) mass is 210 g/mol. The molecule has 0 bridgehead atoms. The number of ether oxygens (including phenoxy) is 1. The second kappa shape index (κ2) is 10.1. The summed E-state index contributed by atoms with van der Waals surface area (Å²) in [6, 6.07) is 0. The van der Waals surface area contributed by atoms with E-state index >= 15 is 0 Å². The molecule has 1 saturated heterocycles. The van der Waals surface area contributed by atoms with Gasteiger partial charge >= 0.3 is 31.0 Å². The van der Waals surface area contributed by atoms with Crippen LogP contribution in [0.3, 0.4) is 0 Å². The van der Waals surface area contributed by atoms with Crippen molar-refractivity contribution in [2.24, 2.45) is 0 Å². The molecule has 0 aromatic carbocycles. The van der Waals surface area contributed by atoms with Crippen LogP contribution >= 0.6 is 7.82 Å². The minimum absolute atomic E-state index is 0. The van der Waals surface area contributed by atoms with Gasteiger partial charge in [-0.15, -0.1) is 0 Å². The van der Waals surface area contributed by atoms with Gasteiger partial charge < -0.3 is 29.5 Å². The number of rotatable bonds is 0. The van der Waals surface area contributed by atoms with Crippen molar-refractivity contribution < 1.29 is 60.4 Å². The fourth-order valence-electron chi connectivity index (χ4n) is 0.510. The van der Waals surface area contributed by atoms with Crippen LogP contribution < -0.4 is 39.3 Å². The molecule has 3 N–H and O–H groups in total. The molecule has 0 aliphatic carbocycles. The van der Waals surface area contributed by atoms with Crippen molar-refractivity contribution in [2.75, 3.05) is 13.2 Å². The largest absolute Gasteiger partial charge is 1.00 e. The first-order valence-electron chi connectivity index (χ1n) is 2.83. The van der Waals surface area contributed by atoms with E-state index in [2.05, 4.69) is 0 Å². The van der Waals surface area contributed by atoms with Gasteiger partial charge in [0.25, 0.3) is 0 Å². The van der Waals surface area contributed by atoms with E-state index in [1.165, 1.54) is 12.8 Å². The molecule has 0 aromatic rings. The molecular formula is C4H12NaO6P. The Hall–Kier alpha value is 1.03. The summed E-state index contributed by atoms with van der Waals surface area (Å²) in [5, 5.41) is 0. The van der Waals surface area contributed by atoms with Crippen LogP contribution in [0.5, 0.6) is 0 Å². The zero-order valence-electron chi connectivity index (χ0n) is 7.86. The Labute approximate surface area is 94.3 Å². The Balaban J connectivity index is -0.0000000506. The molecule has 1 fully saturated rings. The normalized spacial score (nSPS) is 14.9. The van der Waals surface area contributed by atoms with Crippen LogP contribution in [0, 0.1) is 0 Å². The van der Waals surface area contributed by atoms with Gasteiger partial charge in [-0.25, -0.2) is 0 Å². The van der Waals surface area contributed by atoms with E-state index in [1.807, 2.05) is 0 Å². The fourth-order valence-corrected chi connectivity index (χ4v) is 0.510. The van der Waals surface area contributed by atoms with Crippen molar-refractivity contribution >= 4 is 7.82 Å². The summed E-state index contributed by atoms with van der Waals surface area (Å²) in [4.78, 5) is 24.3. The SMILES string of the molecule is C1CCOC1.O.O=P([O-])([O-])O.[H+].[Na+]. The molecule has 1 aliphatic rings. The van der Waals surface area contributed by atoms with E-state index in [1.54, 1.807) is 0 Å². The zero-order chi connectivity index (χ0) is 8.04. The third kappa shape index (κ3) is 30.5. The summed E-state index contributed by atoms with van der Waals surface area (Å²) in [6.45, 7) is 2.00. The Morgan fingerprint density at radius 3 is 1.67 bits per heavy atom. The molecule has 1 rings (SSSR count). The van der Waals surface area contributed by atoms with Crippen LogP contribution in [0.4, 0.5) is 0 Å². The van der Waals surface area contributed by atoms with Crippen LogP contribution in [0.1, 0.15) is 14.3 Å². The van der Waals surface area contributed by atoms with E-state index in [9.17, 15) is 0 Å². The van der Waals surface area contributed by atoms with Crippen molar-refractivity contribution in [3.8, 4) is 0 Å². The summed E-state index contributed by atoms with van der Waals surface area (Å²) >= 11 is 0. The molecule has 6 nitrogen and oxygen atoms in total. The average Bonchev–Trinajstić information content (AvgIpc) is 2.07. The van der Waals surface area contributed by atoms with E-state index in [4.69, 9.17) is 24.0 Å². The van der Waals surface area contributed by atoms with Gasteiger partial charge in [0.2, 0.25) is 0 Å². The Morgan fingerprint density at radius 1 is 1.33 bits per heavy atom. The maximum absolute atomic E-state index is 8.66. The van der Waals surface area contributed by atoms with Crippen LogP contribution in [-0.4, -0.2) is 23.6 Å². The molecule has 0 radical (unpaired) electrons. The van der Waals surface area contributed by atoms with Gasteiger partial charge in [-0.1, -0.05) is 0 Å². The van der Waals surface area contributed by atoms with Crippen LogP contribution in [-0.2, 0) is 9.30 Å². The maximum atomic E-state index is 8.66. The molecular weight excluding hydrogens is 198 g/mol. The fraction of sp³-hybridized carbons (Fsp3) is 1.00. The molecule has 12 heavy (non-hydrogen) atoms. The van der Waals surface area contributed by atoms with E-state index in [0.29, 0.717) is 0 Å². The smallest absolute Gasteiger partial charge is 0.790 e. The summed E-state index contributed by atoms with van der Waals surface area (Å²) < 4.78 is 13.6. The predicted molar refractivity (Wildman–Crippen MR) is 34.6 cm³/mol. The Morgan fingerprint density at radius 2 is 1.58 bits per heavy atom. The summed E-state index contributed by atoms with van der Waals surface area (Å²) in [5.74, 6) is 0. The van der Waals surface area contributed by atoms with Crippen LogP contribution in [0.2, 0.25) is 0 Å². The van der Waals surface area contributed by atoms with Crippen molar-refractivity contribution in [2.45, 2.75) is 12.8 Å². The van der Waals surface area contributed by atoms with Gasteiger partial charge in [0, 0.05) is 13.2 Å². The topological polar surface area (TPSA) is 124 Å². The second-order valence-corrected chi connectivity index (χ2v) is 2.73. The zero-order valence-corrected chi connectivity index (χ0v) is 9.75. The van der Waals surface area contributed by atoms with Crippen LogP contribution in [0.25, 0.3) is 0 Å². The maximum Gasteiger partial charge on any atom is 1.00 e. The first-order valence-corrected chi connectivity index (χ1v) is 4.32. The minimum atomic E-state index is -5.14. The summed E-state index contributed by atoms with van der Waals surface area (Å²) in [6.07, 6.45) is 2.56. The number of hydrogen-bond acceptors (Lipinski definition) is 4. The number of phosphoric acid groups is 1. The third-order valence-corrected chi connectivity index (χ3v) is 0.827. The van der Waals surface area contributed by atoms with E-state index in [0.717, 1.165) is 13.2 Å². The Bertz CT molecular complexity index is 110. The molecule has 0 unspecified atom stereocenters. The Kier molecular flexibility index (Phi) is 15.8. The van der Waals surface area contributed by atoms with Crippen molar-refractivity contribution in [3.05, 3.63) is 0 Å². The third-order valence-electron chi connectivity index (χ3n) is 0.827. The van der Waals surface area contributed by atoms with Gasteiger partial charge in [-0.05, 0) is 12.8 Å². The van der Waals surface area contributed by atoms with Gasteiger partial charge in [0.1, 0.15) is 0 Å². The number of hydrogen-bond donors (Lipinski definition) is 1. The van der Waals surface area contributed by atoms with Gasteiger partial charge in [0.15, 0.2) is 0 Å². The van der Waals surface area contributed by atoms with Gasteiger partial charge in [-0.2, -0.15) is 0 Å². The molecule has 70 valence electrons. The van der Waals surface area contributed by atoms with Crippen molar-refractivity contribution in [3.63, 3.8) is 0 Å².